The maximum Gasteiger partial charge on any atom is 0.186 e. The van der Waals surface area contributed by atoms with Gasteiger partial charge in [0.25, 0.3) is 0 Å². The molecule has 6 nitrogen and oxygen atoms in total. The second-order valence-electron chi connectivity index (χ2n) is 6.37. The highest BCUT2D eigenvalue weighted by molar-refractivity contribution is 6.00. The molecule has 3 heterocycles. The molecule has 0 saturated carbocycles. The summed E-state index contributed by atoms with van der Waals surface area (Å²) in [6.45, 7) is 2.05. The van der Waals surface area contributed by atoms with Crippen LogP contribution in [0.25, 0.3) is 27.8 Å². The quantitative estimate of drug-likeness (QED) is 0.611. The van der Waals surface area contributed by atoms with Gasteiger partial charge in [0.2, 0.25) is 0 Å². The number of aromatic hydroxyl groups is 1. The van der Waals surface area contributed by atoms with Gasteiger partial charge in [-0.15, -0.1) is 15.3 Å². The maximum absolute atomic E-state index is 9.53. The molecule has 2 aromatic carbocycles. The number of phenolic OH excluding ortho intramolecular Hbond substituents is 1. The van der Waals surface area contributed by atoms with Gasteiger partial charge in [-0.3, -0.25) is 0 Å². The van der Waals surface area contributed by atoms with Crippen LogP contribution >= 0.6 is 0 Å². The van der Waals surface area contributed by atoms with Gasteiger partial charge in [0.15, 0.2) is 17.3 Å². The van der Waals surface area contributed by atoms with E-state index in [0.29, 0.717) is 5.82 Å². The second-order valence-corrected chi connectivity index (χ2v) is 6.37. The molecule has 0 unspecified atom stereocenters. The van der Waals surface area contributed by atoms with Crippen LogP contribution in [0.5, 0.6) is 5.75 Å². The standard InChI is InChI=1S/C19H17N5O/c25-14-9-7-13(8-10-14)17-20-21-18-15-5-1-2-6-16(15)19(22-24(17)18)23-11-3-4-12-23/h1-2,5-10,25H,3-4,11-12H2. The number of nitrogens with zero attached hydrogens (tertiary/aromatic N) is 5. The van der Waals surface area contributed by atoms with Crippen LogP contribution < -0.4 is 4.90 Å². The summed E-state index contributed by atoms with van der Waals surface area (Å²) in [4.78, 5) is 2.34. The van der Waals surface area contributed by atoms with E-state index in [1.807, 2.05) is 28.8 Å². The lowest BCUT2D eigenvalue weighted by Crippen LogP contribution is -2.20. The lowest BCUT2D eigenvalue weighted by molar-refractivity contribution is 0.475. The highest BCUT2D eigenvalue weighted by Crippen LogP contribution is 2.31. The first kappa shape index (κ1) is 14.2. The summed E-state index contributed by atoms with van der Waals surface area (Å²) in [6.07, 6.45) is 2.39. The Bertz CT molecular complexity index is 1060. The van der Waals surface area contributed by atoms with E-state index in [9.17, 15) is 5.11 Å². The molecule has 0 aliphatic carbocycles. The fourth-order valence-corrected chi connectivity index (χ4v) is 3.52. The van der Waals surface area contributed by atoms with Crippen LogP contribution in [-0.2, 0) is 0 Å². The third-order valence-corrected chi connectivity index (χ3v) is 4.78. The van der Waals surface area contributed by atoms with Crippen molar-refractivity contribution in [1.82, 2.24) is 19.8 Å². The van der Waals surface area contributed by atoms with Gasteiger partial charge in [0.1, 0.15) is 5.75 Å². The van der Waals surface area contributed by atoms with Crippen molar-refractivity contribution in [3.8, 4) is 17.1 Å². The van der Waals surface area contributed by atoms with Crippen LogP contribution in [0.2, 0.25) is 0 Å². The van der Waals surface area contributed by atoms with Crippen molar-refractivity contribution in [3.63, 3.8) is 0 Å². The van der Waals surface area contributed by atoms with Gasteiger partial charge in [-0.2, -0.15) is 4.52 Å². The first-order valence-electron chi connectivity index (χ1n) is 8.50. The summed E-state index contributed by atoms with van der Waals surface area (Å²) in [5.74, 6) is 1.90. The summed E-state index contributed by atoms with van der Waals surface area (Å²) in [7, 11) is 0. The third-order valence-electron chi connectivity index (χ3n) is 4.78. The van der Waals surface area contributed by atoms with E-state index in [1.165, 1.54) is 12.8 Å². The zero-order valence-corrected chi connectivity index (χ0v) is 13.6. The molecule has 1 fully saturated rings. The molecule has 2 aromatic heterocycles. The Morgan fingerprint density at radius 1 is 0.840 bits per heavy atom. The smallest absolute Gasteiger partial charge is 0.186 e. The molecule has 0 radical (unpaired) electrons. The SMILES string of the molecule is Oc1ccc(-c2nnc3c4ccccc4c(N4CCCC4)nn23)cc1. The van der Waals surface area contributed by atoms with E-state index in [2.05, 4.69) is 27.2 Å². The van der Waals surface area contributed by atoms with Crippen molar-refractivity contribution in [2.24, 2.45) is 0 Å². The van der Waals surface area contributed by atoms with Crippen LogP contribution in [0.1, 0.15) is 12.8 Å². The second kappa shape index (κ2) is 5.44. The van der Waals surface area contributed by atoms with Gasteiger partial charge in [-0.1, -0.05) is 24.3 Å². The Hall–Kier alpha value is -3.15. The molecular formula is C19H17N5O. The van der Waals surface area contributed by atoms with Crippen molar-refractivity contribution in [3.05, 3.63) is 48.5 Å². The van der Waals surface area contributed by atoms with Gasteiger partial charge >= 0.3 is 0 Å². The molecule has 4 aromatic rings. The van der Waals surface area contributed by atoms with Crippen molar-refractivity contribution >= 4 is 22.2 Å². The van der Waals surface area contributed by atoms with Gasteiger partial charge < -0.3 is 10.0 Å². The Labute approximate surface area is 144 Å². The van der Waals surface area contributed by atoms with Crippen LogP contribution in [0.15, 0.2) is 48.5 Å². The zero-order chi connectivity index (χ0) is 16.8. The number of phenols is 1. The Morgan fingerprint density at radius 3 is 2.32 bits per heavy atom. The predicted molar refractivity (Wildman–Crippen MR) is 96.8 cm³/mol. The Kier molecular flexibility index (Phi) is 3.09. The molecule has 1 saturated heterocycles. The topological polar surface area (TPSA) is 66.6 Å². The van der Waals surface area contributed by atoms with Crippen molar-refractivity contribution in [2.45, 2.75) is 12.8 Å². The van der Waals surface area contributed by atoms with Crippen LogP contribution in [0.3, 0.4) is 0 Å². The van der Waals surface area contributed by atoms with E-state index < -0.39 is 0 Å². The number of anilines is 1. The summed E-state index contributed by atoms with van der Waals surface area (Å²) >= 11 is 0. The molecule has 1 aliphatic heterocycles. The molecule has 25 heavy (non-hydrogen) atoms. The molecular weight excluding hydrogens is 314 g/mol. The fraction of sp³-hybridized carbons (Fsp3) is 0.211. The largest absolute Gasteiger partial charge is 0.508 e. The number of hydrogen-bond donors (Lipinski definition) is 1. The number of benzene rings is 2. The molecule has 0 spiro atoms. The Balaban J connectivity index is 1.80. The fourth-order valence-electron chi connectivity index (χ4n) is 3.52. The summed E-state index contributed by atoms with van der Waals surface area (Å²) in [5, 5.41) is 25.3. The monoisotopic (exact) mass is 331 g/mol. The molecule has 0 atom stereocenters. The average molecular weight is 331 g/mol. The normalized spacial score (nSPS) is 14.6. The van der Waals surface area contributed by atoms with Crippen molar-refractivity contribution < 1.29 is 5.11 Å². The van der Waals surface area contributed by atoms with E-state index >= 15 is 0 Å². The van der Waals surface area contributed by atoms with E-state index in [4.69, 9.17) is 5.10 Å². The number of fused-ring (bicyclic) bond motifs is 3. The van der Waals surface area contributed by atoms with Gasteiger partial charge in [-0.25, -0.2) is 0 Å². The summed E-state index contributed by atoms with van der Waals surface area (Å²) in [5.41, 5.74) is 1.63. The summed E-state index contributed by atoms with van der Waals surface area (Å²) < 4.78 is 1.82. The number of rotatable bonds is 2. The average Bonchev–Trinajstić information content (AvgIpc) is 3.31. The molecule has 0 bridgehead atoms. The van der Waals surface area contributed by atoms with Gasteiger partial charge in [-0.05, 0) is 37.1 Å². The Morgan fingerprint density at radius 2 is 1.56 bits per heavy atom. The van der Waals surface area contributed by atoms with Crippen molar-refractivity contribution in [1.29, 1.82) is 0 Å². The molecule has 1 aliphatic rings. The third kappa shape index (κ3) is 2.21. The minimum absolute atomic E-state index is 0.230. The minimum atomic E-state index is 0.230. The highest BCUT2D eigenvalue weighted by atomic mass is 16.3. The van der Waals surface area contributed by atoms with Crippen LogP contribution in [0.4, 0.5) is 5.82 Å². The van der Waals surface area contributed by atoms with Gasteiger partial charge in [0, 0.05) is 29.4 Å². The molecule has 5 rings (SSSR count). The lowest BCUT2D eigenvalue weighted by Gasteiger charge is -2.18. The van der Waals surface area contributed by atoms with Gasteiger partial charge in [0.05, 0.1) is 0 Å². The predicted octanol–water partition coefficient (Wildman–Crippen LogP) is 3.25. The first-order chi connectivity index (χ1) is 12.3. The van der Waals surface area contributed by atoms with E-state index in [0.717, 1.165) is 40.9 Å². The maximum atomic E-state index is 9.53. The first-order valence-corrected chi connectivity index (χ1v) is 8.50. The minimum Gasteiger partial charge on any atom is -0.508 e. The number of hydrogen-bond acceptors (Lipinski definition) is 5. The highest BCUT2D eigenvalue weighted by Gasteiger charge is 2.20. The lowest BCUT2D eigenvalue weighted by atomic mass is 10.1. The van der Waals surface area contributed by atoms with E-state index in [1.54, 1.807) is 12.1 Å². The van der Waals surface area contributed by atoms with E-state index in [-0.39, 0.29) is 5.75 Å². The molecule has 0 amide bonds. The molecule has 1 N–H and O–H groups in total. The number of aromatic nitrogens is 4. The van der Waals surface area contributed by atoms with Crippen LogP contribution in [-0.4, -0.2) is 38.0 Å². The zero-order valence-electron chi connectivity index (χ0n) is 13.6. The van der Waals surface area contributed by atoms with Crippen LogP contribution in [0, 0.1) is 0 Å². The molecule has 124 valence electrons. The summed E-state index contributed by atoms with van der Waals surface area (Å²) in [6, 6.07) is 15.2. The van der Waals surface area contributed by atoms with Crippen molar-refractivity contribution in [2.75, 3.05) is 18.0 Å². The molecule has 6 heteroatoms.